The van der Waals surface area contributed by atoms with Crippen molar-refractivity contribution in [3.8, 4) is 5.75 Å². The van der Waals surface area contributed by atoms with E-state index in [0.717, 1.165) is 24.3 Å². The van der Waals surface area contributed by atoms with Crippen molar-refractivity contribution in [2.24, 2.45) is 5.10 Å². The van der Waals surface area contributed by atoms with Crippen LogP contribution in [0.1, 0.15) is 15.9 Å². The van der Waals surface area contributed by atoms with Gasteiger partial charge in [0.05, 0.1) is 26.2 Å². The molecule has 3 aromatic carbocycles. The van der Waals surface area contributed by atoms with Gasteiger partial charge >= 0.3 is 10.1 Å². The fourth-order valence-corrected chi connectivity index (χ4v) is 4.49. The number of carbonyl (C=O) groups is 1. The van der Waals surface area contributed by atoms with Gasteiger partial charge in [0.2, 0.25) is 0 Å². The molecule has 0 atom stereocenters. The van der Waals surface area contributed by atoms with E-state index in [2.05, 4.69) is 26.5 Å². The van der Waals surface area contributed by atoms with Crippen LogP contribution < -0.4 is 9.61 Å². The van der Waals surface area contributed by atoms with Crippen LogP contribution in [-0.2, 0) is 10.1 Å². The van der Waals surface area contributed by atoms with Crippen molar-refractivity contribution in [2.45, 2.75) is 4.90 Å². The minimum absolute atomic E-state index is 0.0116. The van der Waals surface area contributed by atoms with Gasteiger partial charge < -0.3 is 4.18 Å². The van der Waals surface area contributed by atoms with Crippen LogP contribution in [0.2, 0.25) is 10.0 Å². The number of carbonyl (C=O) groups excluding carboxylic acids is 1. The van der Waals surface area contributed by atoms with E-state index in [0.29, 0.717) is 15.1 Å². The van der Waals surface area contributed by atoms with Crippen LogP contribution in [0, 0.1) is 10.1 Å². The molecule has 0 fully saturated rings. The number of nitrogens with zero attached hydrogens (tertiary/aromatic N) is 2. The van der Waals surface area contributed by atoms with Crippen LogP contribution in [0.5, 0.6) is 5.75 Å². The number of non-ortho nitro benzene ring substituents is 1. The Morgan fingerprint density at radius 3 is 2.39 bits per heavy atom. The second kappa shape index (κ2) is 10.3. The first-order valence-corrected chi connectivity index (χ1v) is 11.8. The molecule has 3 rings (SSSR count). The first-order valence-electron chi connectivity index (χ1n) is 8.84. The number of nitro groups is 1. The number of benzene rings is 3. The van der Waals surface area contributed by atoms with Crippen LogP contribution >= 0.6 is 39.1 Å². The van der Waals surface area contributed by atoms with E-state index in [-0.39, 0.29) is 26.9 Å². The van der Waals surface area contributed by atoms with Crippen molar-refractivity contribution < 1.29 is 22.3 Å². The predicted octanol–water partition coefficient (Wildman–Crippen LogP) is 5.20. The highest BCUT2D eigenvalue weighted by molar-refractivity contribution is 9.10. The van der Waals surface area contributed by atoms with Crippen molar-refractivity contribution in [1.82, 2.24) is 5.43 Å². The first-order chi connectivity index (χ1) is 15.6. The molecule has 0 aromatic heterocycles. The SMILES string of the molecule is O=C(N/N=C\c1ccc(OS(=O)(=O)c2ccc([N+](=O)[O-])cc2)c(Br)c1)c1ccc(Cl)cc1Cl. The summed E-state index contributed by atoms with van der Waals surface area (Å²) in [5.74, 6) is -0.552. The number of rotatable bonds is 7. The quantitative estimate of drug-likeness (QED) is 0.179. The molecule has 170 valence electrons. The van der Waals surface area contributed by atoms with Gasteiger partial charge in [-0.2, -0.15) is 13.5 Å². The van der Waals surface area contributed by atoms with Gasteiger partial charge in [-0.25, -0.2) is 5.43 Å². The Morgan fingerprint density at radius 2 is 1.79 bits per heavy atom. The van der Waals surface area contributed by atoms with Gasteiger partial charge in [0.1, 0.15) is 4.90 Å². The predicted molar refractivity (Wildman–Crippen MR) is 127 cm³/mol. The molecule has 0 bridgehead atoms. The molecule has 0 aliphatic heterocycles. The summed E-state index contributed by atoms with van der Waals surface area (Å²) >= 11 is 15.0. The Labute approximate surface area is 206 Å². The maximum atomic E-state index is 12.4. The second-order valence-corrected chi connectivity index (χ2v) is 9.55. The third-order valence-electron chi connectivity index (χ3n) is 4.05. The molecule has 0 radical (unpaired) electrons. The zero-order valence-corrected chi connectivity index (χ0v) is 20.2. The van der Waals surface area contributed by atoms with Crippen molar-refractivity contribution in [2.75, 3.05) is 0 Å². The third-order valence-corrected chi connectivity index (χ3v) is 6.46. The molecule has 3 aromatic rings. The van der Waals surface area contributed by atoms with E-state index in [4.69, 9.17) is 27.4 Å². The zero-order valence-electron chi connectivity index (χ0n) is 16.2. The Bertz CT molecular complexity index is 1360. The first kappa shape index (κ1) is 24.6. The monoisotopic (exact) mass is 571 g/mol. The van der Waals surface area contributed by atoms with Crippen molar-refractivity contribution in [1.29, 1.82) is 0 Å². The van der Waals surface area contributed by atoms with Gasteiger partial charge in [-0.15, -0.1) is 0 Å². The summed E-state index contributed by atoms with van der Waals surface area (Å²) in [6.07, 6.45) is 1.33. The summed E-state index contributed by atoms with van der Waals surface area (Å²) in [6.45, 7) is 0. The van der Waals surface area contributed by atoms with Crippen molar-refractivity contribution in [3.05, 3.63) is 96.4 Å². The second-order valence-electron chi connectivity index (χ2n) is 6.30. The highest BCUT2D eigenvalue weighted by atomic mass is 79.9. The van der Waals surface area contributed by atoms with E-state index in [1.54, 1.807) is 0 Å². The minimum atomic E-state index is -4.22. The molecular formula is C20H12BrCl2N3O6S. The molecule has 0 unspecified atom stereocenters. The number of hydrogen-bond acceptors (Lipinski definition) is 7. The number of halogens is 3. The molecule has 13 heteroatoms. The maximum Gasteiger partial charge on any atom is 0.339 e. The van der Waals surface area contributed by atoms with Gasteiger partial charge in [-0.05, 0) is 70.0 Å². The Balaban J connectivity index is 1.69. The molecule has 0 saturated heterocycles. The van der Waals surface area contributed by atoms with E-state index >= 15 is 0 Å². The lowest BCUT2D eigenvalue weighted by molar-refractivity contribution is -0.384. The number of nitrogens with one attached hydrogen (secondary N) is 1. The molecule has 0 heterocycles. The Kier molecular flexibility index (Phi) is 7.69. The maximum absolute atomic E-state index is 12.4. The van der Waals surface area contributed by atoms with Crippen molar-refractivity contribution >= 4 is 67.1 Å². The fraction of sp³-hybridized carbons (Fsp3) is 0. The van der Waals surface area contributed by atoms with E-state index in [1.165, 1.54) is 42.6 Å². The number of amides is 1. The van der Waals surface area contributed by atoms with Crippen molar-refractivity contribution in [3.63, 3.8) is 0 Å². The van der Waals surface area contributed by atoms with Gasteiger partial charge in [-0.3, -0.25) is 14.9 Å². The van der Waals surface area contributed by atoms with Gasteiger partial charge in [-0.1, -0.05) is 23.2 Å². The summed E-state index contributed by atoms with van der Waals surface area (Å²) in [5, 5.41) is 15.1. The largest absolute Gasteiger partial charge is 0.378 e. The number of hydrazone groups is 1. The average molecular weight is 573 g/mol. The van der Waals surface area contributed by atoms with Gasteiger partial charge in [0.15, 0.2) is 5.75 Å². The lowest BCUT2D eigenvalue weighted by atomic mass is 10.2. The summed E-state index contributed by atoms with van der Waals surface area (Å²) in [6, 6.07) is 13.1. The lowest BCUT2D eigenvalue weighted by Gasteiger charge is -2.09. The normalized spacial score (nSPS) is 11.4. The van der Waals surface area contributed by atoms with E-state index in [9.17, 15) is 23.3 Å². The van der Waals surface area contributed by atoms with Crippen LogP contribution in [0.4, 0.5) is 5.69 Å². The van der Waals surface area contributed by atoms with E-state index < -0.39 is 20.9 Å². The summed E-state index contributed by atoms with van der Waals surface area (Å²) < 4.78 is 30.3. The summed E-state index contributed by atoms with van der Waals surface area (Å²) in [5.41, 5.74) is 2.79. The Morgan fingerprint density at radius 1 is 1.09 bits per heavy atom. The zero-order chi connectivity index (χ0) is 24.2. The molecule has 0 spiro atoms. The molecular weight excluding hydrogens is 561 g/mol. The van der Waals surface area contributed by atoms with Crippen LogP contribution in [0.3, 0.4) is 0 Å². The molecule has 9 nitrogen and oxygen atoms in total. The smallest absolute Gasteiger partial charge is 0.339 e. The van der Waals surface area contributed by atoms with E-state index in [1.807, 2.05) is 0 Å². The topological polar surface area (TPSA) is 128 Å². The third kappa shape index (κ3) is 6.29. The highest BCUT2D eigenvalue weighted by Gasteiger charge is 2.19. The average Bonchev–Trinajstić information content (AvgIpc) is 2.75. The van der Waals surface area contributed by atoms with Crippen LogP contribution in [-0.4, -0.2) is 25.5 Å². The molecule has 0 aliphatic rings. The number of nitro benzene ring substituents is 1. The van der Waals surface area contributed by atoms with Crippen LogP contribution in [0.15, 0.2) is 75.1 Å². The van der Waals surface area contributed by atoms with Gasteiger partial charge in [0, 0.05) is 17.2 Å². The fourth-order valence-electron chi connectivity index (χ4n) is 2.47. The lowest BCUT2D eigenvalue weighted by Crippen LogP contribution is -2.18. The molecule has 0 saturated carbocycles. The number of hydrogen-bond donors (Lipinski definition) is 1. The molecule has 0 aliphatic carbocycles. The molecule has 1 amide bonds. The summed E-state index contributed by atoms with van der Waals surface area (Å²) in [7, 11) is -4.22. The minimum Gasteiger partial charge on any atom is -0.378 e. The Hall–Kier alpha value is -2.99. The standard InChI is InChI=1S/C20H12BrCl2N3O6S/c21-17-9-12(11-24-25-20(27)16-7-2-13(22)10-18(16)23)1-8-19(17)32-33(30,31)15-5-3-14(4-6-15)26(28)29/h1-11H,(H,25,27)/b24-11-. The molecule has 1 N–H and O–H groups in total. The van der Waals surface area contributed by atoms with Crippen LogP contribution in [0.25, 0.3) is 0 Å². The van der Waals surface area contributed by atoms with Gasteiger partial charge in [0.25, 0.3) is 11.6 Å². The molecule has 33 heavy (non-hydrogen) atoms. The summed E-state index contributed by atoms with van der Waals surface area (Å²) in [4.78, 5) is 22.0. The highest BCUT2D eigenvalue weighted by Crippen LogP contribution is 2.29.